The molecular weight excluding hydrogens is 160 g/mol. The summed E-state index contributed by atoms with van der Waals surface area (Å²) in [5.41, 5.74) is 0. The SMILES string of the molecule is CCCC(Cl)CCCCOC. The van der Waals surface area contributed by atoms with Crippen LogP contribution in [0.3, 0.4) is 0 Å². The molecule has 0 aromatic heterocycles. The fourth-order valence-corrected chi connectivity index (χ4v) is 1.44. The number of methoxy groups -OCH3 is 1. The molecule has 1 nitrogen and oxygen atoms in total. The lowest BCUT2D eigenvalue weighted by Crippen LogP contribution is -1.98. The van der Waals surface area contributed by atoms with Gasteiger partial charge >= 0.3 is 0 Å². The second-order valence-electron chi connectivity index (χ2n) is 2.87. The molecule has 0 N–H and O–H groups in total. The van der Waals surface area contributed by atoms with Gasteiger partial charge in [-0.1, -0.05) is 13.3 Å². The van der Waals surface area contributed by atoms with Crippen LogP contribution in [0.2, 0.25) is 0 Å². The van der Waals surface area contributed by atoms with Crippen molar-refractivity contribution in [2.75, 3.05) is 13.7 Å². The molecule has 0 aromatic carbocycles. The lowest BCUT2D eigenvalue weighted by molar-refractivity contribution is 0.192. The van der Waals surface area contributed by atoms with Gasteiger partial charge in [0.15, 0.2) is 0 Å². The maximum Gasteiger partial charge on any atom is 0.0462 e. The number of unbranched alkanes of at least 4 members (excludes halogenated alkanes) is 1. The van der Waals surface area contributed by atoms with Gasteiger partial charge in [-0.3, -0.25) is 0 Å². The van der Waals surface area contributed by atoms with Crippen LogP contribution >= 0.6 is 11.6 Å². The van der Waals surface area contributed by atoms with Crippen LogP contribution in [0.25, 0.3) is 0 Å². The number of alkyl halides is 1. The highest BCUT2D eigenvalue weighted by molar-refractivity contribution is 6.20. The normalized spacial score (nSPS) is 13.4. The Bertz CT molecular complexity index is 76.0. The second kappa shape index (κ2) is 8.35. The Morgan fingerprint density at radius 1 is 1.27 bits per heavy atom. The predicted octanol–water partition coefficient (Wildman–Crippen LogP) is 3.21. The zero-order valence-electron chi connectivity index (χ0n) is 7.61. The van der Waals surface area contributed by atoms with Crippen molar-refractivity contribution < 1.29 is 4.74 Å². The largest absolute Gasteiger partial charge is 0.385 e. The van der Waals surface area contributed by atoms with Crippen LogP contribution in [0.4, 0.5) is 0 Å². The van der Waals surface area contributed by atoms with Gasteiger partial charge in [0.05, 0.1) is 0 Å². The first-order valence-electron chi connectivity index (χ1n) is 4.44. The molecule has 0 spiro atoms. The van der Waals surface area contributed by atoms with Crippen molar-refractivity contribution in [3.05, 3.63) is 0 Å². The molecule has 0 heterocycles. The molecule has 0 bridgehead atoms. The van der Waals surface area contributed by atoms with Crippen LogP contribution in [0.15, 0.2) is 0 Å². The zero-order chi connectivity index (χ0) is 8.53. The fraction of sp³-hybridized carbons (Fsp3) is 1.00. The molecule has 0 rings (SSSR count). The van der Waals surface area contributed by atoms with E-state index in [1.807, 2.05) is 0 Å². The van der Waals surface area contributed by atoms with Gasteiger partial charge in [-0.05, 0) is 25.7 Å². The summed E-state index contributed by atoms with van der Waals surface area (Å²) in [6.45, 7) is 3.04. The van der Waals surface area contributed by atoms with E-state index in [1.165, 1.54) is 12.8 Å². The zero-order valence-corrected chi connectivity index (χ0v) is 8.36. The molecule has 2 heteroatoms. The lowest BCUT2D eigenvalue weighted by atomic mass is 10.1. The molecule has 0 saturated heterocycles. The number of ether oxygens (including phenoxy) is 1. The first kappa shape index (κ1) is 11.2. The van der Waals surface area contributed by atoms with Gasteiger partial charge in [0.1, 0.15) is 0 Å². The Balaban J connectivity index is 2.97. The van der Waals surface area contributed by atoms with Crippen LogP contribution in [0.5, 0.6) is 0 Å². The standard InChI is InChI=1S/C9H19ClO/c1-3-6-9(10)7-4-5-8-11-2/h9H,3-8H2,1-2H3. The topological polar surface area (TPSA) is 9.23 Å². The average Bonchev–Trinajstić information content (AvgIpc) is 1.99. The minimum Gasteiger partial charge on any atom is -0.385 e. The van der Waals surface area contributed by atoms with Crippen LogP contribution in [0, 0.1) is 0 Å². The molecule has 0 aliphatic carbocycles. The monoisotopic (exact) mass is 178 g/mol. The smallest absolute Gasteiger partial charge is 0.0462 e. The van der Waals surface area contributed by atoms with Gasteiger partial charge in [-0.15, -0.1) is 11.6 Å². The summed E-state index contributed by atoms with van der Waals surface area (Å²) in [5.74, 6) is 0. The van der Waals surface area contributed by atoms with Gasteiger partial charge < -0.3 is 4.74 Å². The summed E-state index contributed by atoms with van der Waals surface area (Å²) in [6, 6.07) is 0. The molecule has 0 fully saturated rings. The van der Waals surface area contributed by atoms with Crippen LogP contribution in [0.1, 0.15) is 39.0 Å². The van der Waals surface area contributed by atoms with Crippen molar-refractivity contribution in [1.82, 2.24) is 0 Å². The van der Waals surface area contributed by atoms with E-state index in [0.717, 1.165) is 25.9 Å². The van der Waals surface area contributed by atoms with Gasteiger partial charge in [0.25, 0.3) is 0 Å². The van der Waals surface area contributed by atoms with E-state index in [2.05, 4.69) is 6.92 Å². The third kappa shape index (κ3) is 8.15. The third-order valence-electron chi connectivity index (χ3n) is 1.72. The molecule has 68 valence electrons. The Labute approximate surface area is 75.1 Å². The molecular formula is C9H19ClO. The molecule has 0 radical (unpaired) electrons. The highest BCUT2D eigenvalue weighted by Crippen LogP contribution is 2.12. The average molecular weight is 179 g/mol. The highest BCUT2D eigenvalue weighted by Gasteiger charge is 2.01. The Kier molecular flexibility index (Phi) is 8.54. The van der Waals surface area contributed by atoms with Crippen molar-refractivity contribution in [1.29, 1.82) is 0 Å². The number of hydrogen-bond acceptors (Lipinski definition) is 1. The van der Waals surface area contributed by atoms with Gasteiger partial charge in [-0.2, -0.15) is 0 Å². The molecule has 0 saturated carbocycles. The van der Waals surface area contributed by atoms with Crippen LogP contribution < -0.4 is 0 Å². The molecule has 11 heavy (non-hydrogen) atoms. The van der Waals surface area contributed by atoms with Crippen LogP contribution in [-0.4, -0.2) is 19.1 Å². The number of rotatable bonds is 7. The molecule has 1 unspecified atom stereocenters. The third-order valence-corrected chi connectivity index (χ3v) is 2.15. The van der Waals surface area contributed by atoms with E-state index in [4.69, 9.17) is 16.3 Å². The van der Waals surface area contributed by atoms with Crippen molar-refractivity contribution in [3.63, 3.8) is 0 Å². The van der Waals surface area contributed by atoms with E-state index < -0.39 is 0 Å². The second-order valence-corrected chi connectivity index (χ2v) is 3.49. The van der Waals surface area contributed by atoms with Gasteiger partial charge in [-0.25, -0.2) is 0 Å². The van der Waals surface area contributed by atoms with Crippen molar-refractivity contribution >= 4 is 11.6 Å². The highest BCUT2D eigenvalue weighted by atomic mass is 35.5. The quantitative estimate of drug-likeness (QED) is 0.430. The van der Waals surface area contributed by atoms with Gasteiger partial charge in [0, 0.05) is 19.1 Å². The lowest BCUT2D eigenvalue weighted by Gasteiger charge is -2.06. The summed E-state index contributed by atoms with van der Waals surface area (Å²) < 4.78 is 4.94. The number of halogens is 1. The Hall–Kier alpha value is 0.250. The first-order chi connectivity index (χ1) is 5.31. The van der Waals surface area contributed by atoms with E-state index in [-0.39, 0.29) is 0 Å². The maximum absolute atomic E-state index is 6.02. The summed E-state index contributed by atoms with van der Waals surface area (Å²) in [4.78, 5) is 0. The van der Waals surface area contributed by atoms with E-state index in [0.29, 0.717) is 5.38 Å². The predicted molar refractivity (Wildman–Crippen MR) is 50.3 cm³/mol. The van der Waals surface area contributed by atoms with E-state index in [9.17, 15) is 0 Å². The minimum absolute atomic E-state index is 0.386. The number of hydrogen-bond donors (Lipinski definition) is 0. The fourth-order valence-electron chi connectivity index (χ4n) is 1.07. The molecule has 1 atom stereocenters. The first-order valence-corrected chi connectivity index (χ1v) is 4.88. The minimum atomic E-state index is 0.386. The molecule has 0 aliphatic rings. The van der Waals surface area contributed by atoms with E-state index in [1.54, 1.807) is 7.11 Å². The molecule has 0 amide bonds. The summed E-state index contributed by atoms with van der Waals surface area (Å²) in [7, 11) is 1.74. The Morgan fingerprint density at radius 3 is 2.55 bits per heavy atom. The molecule has 0 aliphatic heterocycles. The summed E-state index contributed by atoms with van der Waals surface area (Å²) in [6.07, 6.45) is 5.82. The maximum atomic E-state index is 6.02. The van der Waals surface area contributed by atoms with Crippen molar-refractivity contribution in [2.45, 2.75) is 44.4 Å². The summed E-state index contributed by atoms with van der Waals surface area (Å²) >= 11 is 6.02. The Morgan fingerprint density at radius 2 is 2.00 bits per heavy atom. The van der Waals surface area contributed by atoms with Gasteiger partial charge in [0.2, 0.25) is 0 Å². The summed E-state index contributed by atoms with van der Waals surface area (Å²) in [5, 5.41) is 0.386. The van der Waals surface area contributed by atoms with E-state index >= 15 is 0 Å². The van der Waals surface area contributed by atoms with Crippen LogP contribution in [-0.2, 0) is 4.74 Å². The van der Waals surface area contributed by atoms with Crippen molar-refractivity contribution in [2.24, 2.45) is 0 Å². The molecule has 0 aromatic rings. The van der Waals surface area contributed by atoms with Crippen molar-refractivity contribution in [3.8, 4) is 0 Å².